The zero-order chi connectivity index (χ0) is 11.2. The lowest BCUT2D eigenvalue weighted by Gasteiger charge is -2.07. The summed E-state index contributed by atoms with van der Waals surface area (Å²) in [4.78, 5) is 23.4. The summed E-state index contributed by atoms with van der Waals surface area (Å²) in [7, 11) is -1.66. The van der Waals surface area contributed by atoms with Crippen molar-refractivity contribution in [3.8, 4) is 0 Å². The maximum Gasteiger partial charge on any atom is 0.275 e. The van der Waals surface area contributed by atoms with Gasteiger partial charge in [0.2, 0.25) is 0 Å². The lowest BCUT2D eigenvalue weighted by atomic mass is 10.1. The van der Waals surface area contributed by atoms with Crippen LogP contribution in [-0.4, -0.2) is 26.6 Å². The molecule has 1 aliphatic rings. The highest BCUT2D eigenvalue weighted by Gasteiger charge is 2.39. The van der Waals surface area contributed by atoms with Gasteiger partial charge in [-0.1, -0.05) is 6.07 Å². The van der Waals surface area contributed by atoms with Crippen LogP contribution in [0.2, 0.25) is 0 Å². The van der Waals surface area contributed by atoms with Gasteiger partial charge in [-0.05, 0) is 12.1 Å². The number of fused-ring (bicyclic) bond motifs is 1. The number of benzene rings is 1. The van der Waals surface area contributed by atoms with Crippen molar-refractivity contribution in [2.24, 2.45) is 0 Å². The molecule has 1 unspecified atom stereocenters. The number of imide groups is 1. The van der Waals surface area contributed by atoms with Crippen molar-refractivity contribution >= 4 is 28.5 Å². The topological polar surface area (TPSA) is 80.5 Å². The van der Waals surface area contributed by atoms with E-state index in [1.807, 2.05) is 0 Å². The molecule has 0 radical (unpaired) electrons. The third kappa shape index (κ3) is 1.25. The first-order chi connectivity index (χ1) is 7.04. The number of hydrogen-bond acceptors (Lipinski definition) is 4. The first kappa shape index (κ1) is 9.85. The van der Waals surface area contributed by atoms with Crippen molar-refractivity contribution in [2.75, 3.05) is 12.0 Å². The number of rotatable bonds is 1. The number of carbonyl (C=O) groups excluding carboxylic acids is 2. The number of carbonyl (C=O) groups is 2. The molecule has 2 rings (SSSR count). The highest BCUT2D eigenvalue weighted by atomic mass is 32.2. The lowest BCUT2D eigenvalue weighted by Crippen LogP contribution is -2.30. The van der Waals surface area contributed by atoms with Crippen LogP contribution < -0.4 is 5.73 Å². The van der Waals surface area contributed by atoms with Crippen molar-refractivity contribution in [3.05, 3.63) is 29.3 Å². The molecular weight excluding hydrogens is 216 g/mol. The number of nitrogen functional groups attached to an aromatic ring is 1. The Morgan fingerprint density at radius 1 is 1.27 bits per heavy atom. The molecule has 1 aromatic rings. The molecule has 0 aliphatic carbocycles. The third-order valence-electron chi connectivity index (χ3n) is 2.17. The number of nitrogens with two attached hydrogens (primary N) is 1. The van der Waals surface area contributed by atoms with E-state index in [9.17, 15) is 13.8 Å². The molecule has 0 spiro atoms. The highest BCUT2D eigenvalue weighted by Crippen LogP contribution is 2.27. The lowest BCUT2D eigenvalue weighted by molar-refractivity contribution is 0.0772. The molecular formula is C9H8N2O3S. The second kappa shape index (κ2) is 3.16. The van der Waals surface area contributed by atoms with Gasteiger partial charge in [-0.3, -0.25) is 9.59 Å². The van der Waals surface area contributed by atoms with Crippen molar-refractivity contribution in [1.82, 2.24) is 4.31 Å². The van der Waals surface area contributed by atoms with Gasteiger partial charge in [-0.25, -0.2) is 4.21 Å². The molecule has 15 heavy (non-hydrogen) atoms. The zero-order valence-electron chi connectivity index (χ0n) is 7.89. The standard InChI is InChI=1S/C9H8N2O3S/c1-15(14)11-8(12)5-3-2-4-6(10)7(5)9(11)13/h2-4H,10H2,1H3. The predicted molar refractivity (Wildman–Crippen MR) is 55.4 cm³/mol. The molecule has 0 aromatic heterocycles. The van der Waals surface area contributed by atoms with Crippen LogP contribution in [0, 0.1) is 0 Å². The van der Waals surface area contributed by atoms with E-state index < -0.39 is 22.8 Å². The first-order valence-corrected chi connectivity index (χ1v) is 5.66. The number of nitrogens with zero attached hydrogens (tertiary/aromatic N) is 1. The fourth-order valence-corrected chi connectivity index (χ4v) is 2.18. The normalized spacial score (nSPS) is 16.7. The molecule has 0 bridgehead atoms. The molecule has 1 heterocycles. The fraction of sp³-hybridized carbons (Fsp3) is 0.111. The SMILES string of the molecule is CS(=O)N1C(=O)c2cccc(N)c2C1=O. The molecule has 2 amide bonds. The minimum absolute atomic E-state index is 0.151. The van der Waals surface area contributed by atoms with E-state index in [4.69, 9.17) is 5.73 Å². The summed E-state index contributed by atoms with van der Waals surface area (Å²) < 4.78 is 11.9. The number of amides is 2. The van der Waals surface area contributed by atoms with Crippen LogP contribution in [0.15, 0.2) is 18.2 Å². The smallest absolute Gasteiger partial charge is 0.275 e. The summed E-state index contributed by atoms with van der Waals surface area (Å²) in [6, 6.07) is 4.62. The van der Waals surface area contributed by atoms with Crippen LogP contribution in [0.1, 0.15) is 20.7 Å². The highest BCUT2D eigenvalue weighted by molar-refractivity contribution is 7.83. The van der Waals surface area contributed by atoms with Gasteiger partial charge in [0, 0.05) is 11.9 Å². The second-order valence-corrected chi connectivity index (χ2v) is 4.31. The summed E-state index contributed by atoms with van der Waals surface area (Å²) in [5, 5.41) is 0. The van der Waals surface area contributed by atoms with Gasteiger partial charge in [0.05, 0.1) is 11.1 Å². The van der Waals surface area contributed by atoms with Crippen molar-refractivity contribution < 1.29 is 13.8 Å². The van der Waals surface area contributed by atoms with Crippen LogP contribution in [-0.2, 0) is 11.0 Å². The molecule has 0 saturated heterocycles. The fourth-order valence-electron chi connectivity index (χ4n) is 1.52. The van der Waals surface area contributed by atoms with Crippen molar-refractivity contribution in [3.63, 3.8) is 0 Å². The Kier molecular flexibility index (Phi) is 2.08. The van der Waals surface area contributed by atoms with Crippen molar-refractivity contribution in [1.29, 1.82) is 0 Å². The summed E-state index contributed by atoms with van der Waals surface area (Å²) in [5.74, 6) is -1.14. The van der Waals surface area contributed by atoms with Crippen LogP contribution in [0.25, 0.3) is 0 Å². The zero-order valence-corrected chi connectivity index (χ0v) is 8.71. The Morgan fingerprint density at radius 3 is 2.47 bits per heavy atom. The van der Waals surface area contributed by atoms with Gasteiger partial charge < -0.3 is 5.73 Å². The van der Waals surface area contributed by atoms with Gasteiger partial charge in [-0.15, -0.1) is 0 Å². The van der Waals surface area contributed by atoms with Gasteiger partial charge in [0.25, 0.3) is 11.8 Å². The maximum atomic E-state index is 11.7. The second-order valence-electron chi connectivity index (χ2n) is 3.10. The van der Waals surface area contributed by atoms with Crippen LogP contribution in [0.3, 0.4) is 0 Å². The summed E-state index contributed by atoms with van der Waals surface area (Å²) in [5.41, 5.74) is 6.19. The summed E-state index contributed by atoms with van der Waals surface area (Å²) in [6.45, 7) is 0. The number of anilines is 1. The minimum atomic E-state index is -1.66. The van der Waals surface area contributed by atoms with Gasteiger partial charge in [-0.2, -0.15) is 4.31 Å². The van der Waals surface area contributed by atoms with Gasteiger partial charge in [0.1, 0.15) is 11.0 Å². The summed E-state index contributed by atoms with van der Waals surface area (Å²) in [6.07, 6.45) is 1.28. The Labute approximate surface area is 88.5 Å². The van der Waals surface area contributed by atoms with Gasteiger partial charge >= 0.3 is 0 Å². The largest absolute Gasteiger partial charge is 0.398 e. The Balaban J connectivity index is 2.66. The average molecular weight is 224 g/mol. The van der Waals surface area contributed by atoms with E-state index in [1.165, 1.54) is 18.4 Å². The quantitative estimate of drug-likeness (QED) is 0.544. The summed E-state index contributed by atoms with van der Waals surface area (Å²) >= 11 is 0. The Hall–Kier alpha value is -1.69. The average Bonchev–Trinajstić information content (AvgIpc) is 2.40. The monoisotopic (exact) mass is 224 g/mol. The maximum absolute atomic E-state index is 11.7. The third-order valence-corrected chi connectivity index (χ3v) is 3.01. The van der Waals surface area contributed by atoms with Crippen LogP contribution in [0.5, 0.6) is 0 Å². The van der Waals surface area contributed by atoms with E-state index >= 15 is 0 Å². The van der Waals surface area contributed by atoms with Gasteiger partial charge in [0.15, 0.2) is 0 Å². The Bertz CT molecular complexity index is 498. The number of hydrogen-bond donors (Lipinski definition) is 1. The Morgan fingerprint density at radius 2 is 1.93 bits per heavy atom. The molecule has 5 nitrogen and oxygen atoms in total. The van der Waals surface area contributed by atoms with Crippen LogP contribution in [0.4, 0.5) is 5.69 Å². The van der Waals surface area contributed by atoms with E-state index in [0.717, 1.165) is 0 Å². The molecule has 1 aromatic carbocycles. The molecule has 0 saturated carbocycles. The molecule has 0 fully saturated rings. The molecule has 1 atom stereocenters. The first-order valence-electron chi connectivity index (χ1n) is 4.15. The van der Waals surface area contributed by atoms with Crippen molar-refractivity contribution in [2.45, 2.75) is 0 Å². The van der Waals surface area contributed by atoms with E-state index in [2.05, 4.69) is 0 Å². The van der Waals surface area contributed by atoms with E-state index in [0.29, 0.717) is 4.31 Å². The van der Waals surface area contributed by atoms with E-state index in [1.54, 1.807) is 6.07 Å². The molecule has 2 N–H and O–H groups in total. The molecule has 1 aliphatic heterocycles. The minimum Gasteiger partial charge on any atom is -0.398 e. The predicted octanol–water partition coefficient (Wildman–Crippen LogP) is 0.158. The van der Waals surface area contributed by atoms with Crippen LogP contribution >= 0.6 is 0 Å². The molecule has 6 heteroatoms. The van der Waals surface area contributed by atoms with E-state index in [-0.39, 0.29) is 16.8 Å². The molecule has 78 valence electrons.